The molecule has 2 aromatic rings. The van der Waals surface area contributed by atoms with E-state index in [1.807, 2.05) is 54.8 Å². The molecule has 0 N–H and O–H groups in total. The maximum Gasteiger partial charge on any atom is 0.0958 e. The minimum Gasteiger partial charge on any atom is -0.379 e. The Kier molecular flexibility index (Phi) is 23.4. The Morgan fingerprint density at radius 1 is 0.968 bits per heavy atom. The van der Waals surface area contributed by atoms with E-state index in [0.29, 0.717) is 0 Å². The highest BCUT2D eigenvalue weighted by molar-refractivity contribution is 5.75. The molecule has 1 saturated carbocycles. The molecule has 0 amide bonds. The number of morpholine rings is 1. The molecule has 0 radical (unpaired) electrons. The van der Waals surface area contributed by atoms with Crippen molar-refractivity contribution in [1.29, 1.82) is 0 Å². The van der Waals surface area contributed by atoms with Gasteiger partial charge in [-0.15, -0.1) is 6.58 Å². The summed E-state index contributed by atoms with van der Waals surface area (Å²) in [6.07, 6.45) is 9.38. The third-order valence-electron chi connectivity index (χ3n) is 4.11. The molecule has 4 nitrogen and oxygen atoms in total. The van der Waals surface area contributed by atoms with E-state index in [4.69, 9.17) is 4.74 Å². The number of hydrogen-bond acceptors (Lipinski definition) is 3. The topological polar surface area (TPSA) is 30.3 Å². The Labute approximate surface area is 193 Å². The molecule has 4 rings (SSSR count). The number of benzene rings is 1. The van der Waals surface area contributed by atoms with Crippen molar-refractivity contribution in [3.05, 3.63) is 42.7 Å². The van der Waals surface area contributed by atoms with Crippen molar-refractivity contribution in [2.24, 2.45) is 0 Å². The van der Waals surface area contributed by atoms with Gasteiger partial charge < -0.3 is 9.30 Å². The Balaban J connectivity index is 0. The average molecular weight is 434 g/mol. The first-order valence-electron chi connectivity index (χ1n) is 12.5. The lowest BCUT2D eigenvalue weighted by Gasteiger charge is -2.26. The number of ether oxygens (including phenoxy) is 1. The molecule has 2 heterocycles. The van der Waals surface area contributed by atoms with Crippen molar-refractivity contribution in [2.45, 2.75) is 87.6 Å². The summed E-state index contributed by atoms with van der Waals surface area (Å²) in [5.41, 5.74) is 3.62. The van der Waals surface area contributed by atoms with Crippen LogP contribution in [-0.2, 0) is 11.3 Å². The fourth-order valence-electron chi connectivity index (χ4n) is 2.64. The fourth-order valence-corrected chi connectivity index (χ4v) is 2.64. The molecule has 0 spiro atoms. The van der Waals surface area contributed by atoms with Crippen LogP contribution in [0, 0.1) is 6.92 Å². The van der Waals surface area contributed by atoms with E-state index in [9.17, 15) is 0 Å². The molecule has 4 heteroatoms. The Morgan fingerprint density at radius 2 is 1.52 bits per heavy atom. The summed E-state index contributed by atoms with van der Waals surface area (Å²) < 4.78 is 7.62. The summed E-state index contributed by atoms with van der Waals surface area (Å²) in [7, 11) is 0. The molecule has 1 aliphatic carbocycles. The first kappa shape index (κ1) is 31.5. The molecule has 0 bridgehead atoms. The second-order valence-corrected chi connectivity index (χ2v) is 6.71. The van der Waals surface area contributed by atoms with Gasteiger partial charge in [0.05, 0.1) is 30.6 Å². The summed E-state index contributed by atoms with van der Waals surface area (Å²) in [5, 5.41) is 0. The van der Waals surface area contributed by atoms with Gasteiger partial charge in [-0.1, -0.05) is 72.9 Å². The SMILES string of the molecule is C1CC1.C=CC.CC.CC.CC.Cc1ccc2c(c1)ncn2CCCN1CCOCC1. The fraction of sp³-hybridized carbons (Fsp3) is 0.667. The quantitative estimate of drug-likeness (QED) is 0.467. The third-order valence-corrected chi connectivity index (χ3v) is 4.11. The van der Waals surface area contributed by atoms with Crippen molar-refractivity contribution < 1.29 is 4.74 Å². The van der Waals surface area contributed by atoms with Gasteiger partial charge in [0.2, 0.25) is 0 Å². The van der Waals surface area contributed by atoms with Crippen LogP contribution in [0.4, 0.5) is 0 Å². The van der Waals surface area contributed by atoms with Gasteiger partial charge >= 0.3 is 0 Å². The average Bonchev–Trinajstić information content (AvgIpc) is 3.67. The van der Waals surface area contributed by atoms with Gasteiger partial charge in [0.15, 0.2) is 0 Å². The van der Waals surface area contributed by atoms with Gasteiger partial charge in [-0.3, -0.25) is 4.90 Å². The summed E-state index contributed by atoms with van der Waals surface area (Å²) >= 11 is 0. The van der Waals surface area contributed by atoms with E-state index in [1.54, 1.807) is 6.08 Å². The molecule has 0 unspecified atom stereocenters. The van der Waals surface area contributed by atoms with Crippen molar-refractivity contribution in [1.82, 2.24) is 14.5 Å². The standard InChI is InChI=1S/C15H21N3O.2C3H6.3C2H6/c1-13-3-4-15-14(11-13)16-12-18(15)6-2-5-17-7-9-19-10-8-17;1-2-3-1;1-3-2;3*1-2/h3-4,11-12H,2,5-10H2,1H3;1-3H2;3H,1H2,2H3;3*1-2H3. The third kappa shape index (κ3) is 15.8. The normalized spacial score (nSPS) is 13.8. The highest BCUT2D eigenvalue weighted by Gasteiger charge is 2.10. The minimum atomic E-state index is 0.882. The van der Waals surface area contributed by atoms with Crippen molar-refractivity contribution in [3.8, 4) is 0 Å². The first-order valence-corrected chi connectivity index (χ1v) is 12.5. The lowest BCUT2D eigenvalue weighted by Crippen LogP contribution is -2.37. The Morgan fingerprint density at radius 3 is 2.03 bits per heavy atom. The van der Waals surface area contributed by atoms with E-state index >= 15 is 0 Å². The van der Waals surface area contributed by atoms with E-state index in [-0.39, 0.29) is 0 Å². The second-order valence-electron chi connectivity index (χ2n) is 6.71. The van der Waals surface area contributed by atoms with Gasteiger partial charge in [0.25, 0.3) is 0 Å². The molecular formula is C27H51N3O. The van der Waals surface area contributed by atoms with Crippen LogP contribution in [0.25, 0.3) is 11.0 Å². The number of fused-ring (bicyclic) bond motifs is 1. The molecular weight excluding hydrogens is 382 g/mol. The minimum absolute atomic E-state index is 0.882. The van der Waals surface area contributed by atoms with Crippen LogP contribution in [0.15, 0.2) is 37.2 Å². The molecule has 1 aromatic heterocycles. The lowest BCUT2D eigenvalue weighted by atomic mass is 10.2. The molecule has 2 aliphatic rings. The maximum absolute atomic E-state index is 5.36. The molecule has 180 valence electrons. The van der Waals surface area contributed by atoms with E-state index in [2.05, 4.69) is 46.2 Å². The Hall–Kier alpha value is -1.65. The molecule has 0 atom stereocenters. The van der Waals surface area contributed by atoms with Crippen LogP contribution in [-0.4, -0.2) is 47.3 Å². The van der Waals surface area contributed by atoms with Gasteiger partial charge in [-0.25, -0.2) is 4.98 Å². The zero-order chi connectivity index (χ0) is 23.9. The molecule has 1 aromatic carbocycles. The monoisotopic (exact) mass is 433 g/mol. The zero-order valence-electron chi connectivity index (χ0n) is 21.9. The van der Waals surface area contributed by atoms with Gasteiger partial charge in [0.1, 0.15) is 0 Å². The second kappa shape index (κ2) is 23.0. The van der Waals surface area contributed by atoms with Crippen LogP contribution in [0.1, 0.15) is 79.7 Å². The smallest absolute Gasteiger partial charge is 0.0958 e. The first-order chi connectivity index (χ1) is 15.2. The number of imidazole rings is 1. The number of allylic oxidation sites excluding steroid dienone is 1. The van der Waals surface area contributed by atoms with Crippen LogP contribution in [0.3, 0.4) is 0 Å². The van der Waals surface area contributed by atoms with Crippen LogP contribution in [0.2, 0.25) is 0 Å². The summed E-state index contributed by atoms with van der Waals surface area (Å²) in [6.45, 7) is 25.5. The molecule has 2 fully saturated rings. The summed E-state index contributed by atoms with van der Waals surface area (Å²) in [4.78, 5) is 6.95. The largest absolute Gasteiger partial charge is 0.379 e. The van der Waals surface area contributed by atoms with Crippen molar-refractivity contribution >= 4 is 11.0 Å². The van der Waals surface area contributed by atoms with E-state index < -0.39 is 0 Å². The predicted molar refractivity (Wildman–Crippen MR) is 140 cm³/mol. The number of nitrogens with zero attached hydrogens (tertiary/aromatic N) is 3. The van der Waals surface area contributed by atoms with Gasteiger partial charge in [0, 0.05) is 26.2 Å². The van der Waals surface area contributed by atoms with Crippen LogP contribution >= 0.6 is 0 Å². The molecule has 1 aliphatic heterocycles. The molecule has 1 saturated heterocycles. The predicted octanol–water partition coefficient (Wildman–Crippen LogP) is 7.51. The zero-order valence-corrected chi connectivity index (χ0v) is 21.9. The lowest BCUT2D eigenvalue weighted by molar-refractivity contribution is 0.0369. The summed E-state index contributed by atoms with van der Waals surface area (Å²) in [5.74, 6) is 0. The number of hydrogen-bond donors (Lipinski definition) is 0. The van der Waals surface area contributed by atoms with Crippen molar-refractivity contribution in [3.63, 3.8) is 0 Å². The number of aryl methyl sites for hydroxylation is 2. The van der Waals surface area contributed by atoms with Gasteiger partial charge in [-0.2, -0.15) is 0 Å². The number of aromatic nitrogens is 2. The Bertz CT molecular complexity index is 626. The highest BCUT2D eigenvalue weighted by atomic mass is 16.5. The van der Waals surface area contributed by atoms with Gasteiger partial charge in [-0.05, 0) is 38.0 Å². The summed E-state index contributed by atoms with van der Waals surface area (Å²) in [6, 6.07) is 6.47. The molecule has 31 heavy (non-hydrogen) atoms. The van der Waals surface area contributed by atoms with Crippen molar-refractivity contribution in [2.75, 3.05) is 32.8 Å². The van der Waals surface area contributed by atoms with Crippen LogP contribution < -0.4 is 0 Å². The van der Waals surface area contributed by atoms with E-state index in [0.717, 1.165) is 44.9 Å². The van der Waals surface area contributed by atoms with Crippen LogP contribution in [0.5, 0.6) is 0 Å². The van der Waals surface area contributed by atoms with E-state index in [1.165, 1.54) is 36.8 Å². The maximum atomic E-state index is 5.36. The number of rotatable bonds is 4. The highest BCUT2D eigenvalue weighted by Crippen LogP contribution is 2.15.